The van der Waals surface area contributed by atoms with Crippen molar-refractivity contribution < 1.29 is 4.79 Å². The van der Waals surface area contributed by atoms with Crippen molar-refractivity contribution in [2.45, 2.75) is 18.2 Å². The monoisotopic (exact) mass is 477 g/mol. The lowest BCUT2D eigenvalue weighted by Gasteiger charge is -2.21. The quantitative estimate of drug-likeness (QED) is 0.385. The standard InChI is InChI=1S/C21H24BrN3OS2/c1-4-27-17-8-5-7-15(13-17)20(26)25(12-6-11-24(2)3)21-23-18-10-9-16(22)14-19(18)28-21/h5,7-10,13-14H,4,6,11-12H2,1-3H3. The fourth-order valence-electron chi connectivity index (χ4n) is 2.87. The van der Waals surface area contributed by atoms with Gasteiger partial charge in [-0.2, -0.15) is 0 Å². The van der Waals surface area contributed by atoms with Crippen LogP contribution in [0.5, 0.6) is 0 Å². The molecule has 0 fully saturated rings. The average Bonchev–Trinajstić information content (AvgIpc) is 3.07. The molecular weight excluding hydrogens is 454 g/mol. The topological polar surface area (TPSA) is 36.4 Å². The average molecular weight is 478 g/mol. The zero-order valence-corrected chi connectivity index (χ0v) is 19.5. The summed E-state index contributed by atoms with van der Waals surface area (Å²) in [5, 5.41) is 0.755. The summed E-state index contributed by atoms with van der Waals surface area (Å²) in [7, 11) is 4.10. The van der Waals surface area contributed by atoms with E-state index in [1.807, 2.05) is 49.3 Å². The molecule has 1 aromatic heterocycles. The van der Waals surface area contributed by atoms with Gasteiger partial charge in [-0.15, -0.1) is 11.8 Å². The third-order valence-corrected chi connectivity index (χ3v) is 6.60. The Hall–Kier alpha value is -1.41. The van der Waals surface area contributed by atoms with Gasteiger partial charge in [-0.25, -0.2) is 4.98 Å². The van der Waals surface area contributed by atoms with Crippen molar-refractivity contribution >= 4 is 60.3 Å². The van der Waals surface area contributed by atoms with Crippen molar-refractivity contribution in [2.75, 3.05) is 37.8 Å². The predicted octanol–water partition coefficient (Wildman–Crippen LogP) is 5.77. The number of carbonyl (C=O) groups excluding carboxylic acids is 1. The van der Waals surface area contributed by atoms with Crippen LogP contribution in [0.3, 0.4) is 0 Å². The first-order chi connectivity index (χ1) is 13.5. The van der Waals surface area contributed by atoms with Crippen LogP contribution in [0, 0.1) is 0 Å². The SMILES string of the molecule is CCSc1cccc(C(=O)N(CCCN(C)C)c2nc3ccc(Br)cc3s2)c1. The third kappa shape index (κ3) is 5.35. The lowest BCUT2D eigenvalue weighted by Crippen LogP contribution is -2.33. The van der Waals surface area contributed by atoms with Gasteiger partial charge in [0.1, 0.15) is 0 Å². The summed E-state index contributed by atoms with van der Waals surface area (Å²) < 4.78 is 2.09. The second-order valence-electron chi connectivity index (χ2n) is 6.68. The summed E-state index contributed by atoms with van der Waals surface area (Å²) in [4.78, 5) is 23.2. The van der Waals surface area contributed by atoms with Gasteiger partial charge < -0.3 is 4.90 Å². The van der Waals surface area contributed by atoms with Crippen molar-refractivity contribution in [3.63, 3.8) is 0 Å². The van der Waals surface area contributed by atoms with Crippen LogP contribution in [0.2, 0.25) is 0 Å². The molecule has 0 saturated carbocycles. The van der Waals surface area contributed by atoms with Gasteiger partial charge in [0.25, 0.3) is 5.91 Å². The molecule has 0 atom stereocenters. The number of carbonyl (C=O) groups is 1. The molecule has 28 heavy (non-hydrogen) atoms. The highest BCUT2D eigenvalue weighted by atomic mass is 79.9. The Balaban J connectivity index is 1.93. The second-order valence-corrected chi connectivity index (χ2v) is 9.95. The Kier molecular flexibility index (Phi) is 7.51. The van der Waals surface area contributed by atoms with Crippen molar-refractivity contribution in [1.82, 2.24) is 9.88 Å². The van der Waals surface area contributed by atoms with Crippen LogP contribution < -0.4 is 4.90 Å². The summed E-state index contributed by atoms with van der Waals surface area (Å²) >= 11 is 6.82. The van der Waals surface area contributed by atoms with E-state index in [0.717, 1.165) is 43.4 Å². The van der Waals surface area contributed by atoms with Crippen LogP contribution in [0.15, 0.2) is 51.8 Å². The van der Waals surface area contributed by atoms with E-state index in [-0.39, 0.29) is 5.91 Å². The number of benzene rings is 2. The maximum atomic E-state index is 13.4. The fourth-order valence-corrected chi connectivity index (χ4v) is 5.13. The number of hydrogen-bond acceptors (Lipinski definition) is 5. The van der Waals surface area contributed by atoms with Crippen LogP contribution in [-0.2, 0) is 0 Å². The first-order valence-electron chi connectivity index (χ1n) is 9.23. The molecular formula is C21H24BrN3OS2. The van der Waals surface area contributed by atoms with Gasteiger partial charge in [0, 0.05) is 21.5 Å². The lowest BCUT2D eigenvalue weighted by atomic mass is 10.2. The molecule has 0 saturated heterocycles. The molecule has 7 heteroatoms. The van der Waals surface area contributed by atoms with Crippen LogP contribution >= 0.6 is 39.0 Å². The van der Waals surface area contributed by atoms with E-state index in [0.29, 0.717) is 12.1 Å². The fraction of sp³-hybridized carbons (Fsp3) is 0.333. The summed E-state index contributed by atoms with van der Waals surface area (Å²) in [6.45, 7) is 3.68. The van der Waals surface area contributed by atoms with Crippen LogP contribution in [0.4, 0.5) is 5.13 Å². The molecule has 4 nitrogen and oxygen atoms in total. The number of amides is 1. The lowest BCUT2D eigenvalue weighted by molar-refractivity contribution is 0.0986. The largest absolute Gasteiger partial charge is 0.309 e. The highest BCUT2D eigenvalue weighted by Crippen LogP contribution is 2.32. The molecule has 148 valence electrons. The van der Waals surface area contributed by atoms with Crippen LogP contribution in [0.25, 0.3) is 10.2 Å². The van der Waals surface area contributed by atoms with E-state index in [1.165, 1.54) is 0 Å². The molecule has 0 aliphatic carbocycles. The molecule has 3 aromatic rings. The number of thiazole rings is 1. The number of nitrogens with zero attached hydrogens (tertiary/aromatic N) is 3. The van der Waals surface area contributed by atoms with E-state index in [2.05, 4.69) is 39.9 Å². The minimum absolute atomic E-state index is 0.00966. The Labute approximate surface area is 183 Å². The van der Waals surface area contributed by atoms with E-state index in [4.69, 9.17) is 4.98 Å². The first-order valence-corrected chi connectivity index (χ1v) is 11.8. The Bertz CT molecular complexity index is 958. The van der Waals surface area contributed by atoms with Gasteiger partial charge in [0.15, 0.2) is 5.13 Å². The van der Waals surface area contributed by atoms with Crippen molar-refractivity contribution in [3.05, 3.63) is 52.5 Å². The number of halogens is 1. The molecule has 0 N–H and O–H groups in total. The third-order valence-electron chi connectivity index (χ3n) is 4.19. The molecule has 0 bridgehead atoms. The van der Waals surface area contributed by atoms with E-state index >= 15 is 0 Å². The van der Waals surface area contributed by atoms with E-state index < -0.39 is 0 Å². The minimum Gasteiger partial charge on any atom is -0.309 e. The molecule has 0 unspecified atom stereocenters. The zero-order chi connectivity index (χ0) is 20.1. The summed E-state index contributed by atoms with van der Waals surface area (Å²) in [6.07, 6.45) is 0.891. The van der Waals surface area contributed by atoms with E-state index in [9.17, 15) is 4.79 Å². The smallest absolute Gasteiger partial charge is 0.260 e. The highest BCUT2D eigenvalue weighted by molar-refractivity contribution is 9.10. The van der Waals surface area contributed by atoms with Gasteiger partial charge >= 0.3 is 0 Å². The van der Waals surface area contributed by atoms with Crippen LogP contribution in [-0.4, -0.2) is 48.7 Å². The van der Waals surface area contributed by atoms with Crippen molar-refractivity contribution in [3.8, 4) is 0 Å². The summed E-state index contributed by atoms with van der Waals surface area (Å²) in [5.74, 6) is 0.993. The van der Waals surface area contributed by atoms with Gasteiger partial charge in [0.2, 0.25) is 0 Å². The summed E-state index contributed by atoms with van der Waals surface area (Å²) in [6, 6.07) is 13.9. The molecule has 2 aromatic carbocycles. The molecule has 3 rings (SSSR count). The zero-order valence-electron chi connectivity index (χ0n) is 16.3. The van der Waals surface area contributed by atoms with Gasteiger partial charge in [-0.1, -0.05) is 40.3 Å². The Morgan fingerprint density at radius 2 is 2.00 bits per heavy atom. The first kappa shape index (κ1) is 21.3. The number of thioether (sulfide) groups is 1. The molecule has 0 spiro atoms. The van der Waals surface area contributed by atoms with Crippen molar-refractivity contribution in [1.29, 1.82) is 0 Å². The highest BCUT2D eigenvalue weighted by Gasteiger charge is 2.21. The number of anilines is 1. The normalized spacial score (nSPS) is 11.3. The molecule has 1 amide bonds. The molecule has 1 heterocycles. The maximum Gasteiger partial charge on any atom is 0.260 e. The maximum absolute atomic E-state index is 13.4. The molecule has 0 aliphatic rings. The second kappa shape index (κ2) is 9.87. The van der Waals surface area contributed by atoms with Gasteiger partial charge in [-0.3, -0.25) is 9.69 Å². The number of hydrogen-bond donors (Lipinski definition) is 0. The van der Waals surface area contributed by atoms with Crippen molar-refractivity contribution in [2.24, 2.45) is 0 Å². The Morgan fingerprint density at radius 1 is 1.18 bits per heavy atom. The minimum atomic E-state index is 0.00966. The number of aromatic nitrogens is 1. The molecule has 0 aliphatic heterocycles. The van der Waals surface area contributed by atoms with Gasteiger partial charge in [-0.05, 0) is 69.2 Å². The number of rotatable bonds is 8. The number of fused-ring (bicyclic) bond motifs is 1. The van der Waals surface area contributed by atoms with E-state index in [1.54, 1.807) is 23.1 Å². The summed E-state index contributed by atoms with van der Waals surface area (Å²) in [5.41, 5.74) is 1.63. The van der Waals surface area contributed by atoms with Crippen LogP contribution in [0.1, 0.15) is 23.7 Å². The Morgan fingerprint density at radius 3 is 2.75 bits per heavy atom. The molecule has 0 radical (unpaired) electrons. The van der Waals surface area contributed by atoms with Gasteiger partial charge in [0.05, 0.1) is 10.2 Å². The predicted molar refractivity (Wildman–Crippen MR) is 125 cm³/mol.